The minimum Gasteiger partial charge on any atom is -0.364 e. The first-order valence-corrected chi connectivity index (χ1v) is 11.4. The molecular weight excluding hydrogens is 418 g/mol. The maximum Gasteiger partial charge on any atom is 0.267 e. The SMILES string of the molecule is Cc1nn(C)c(C)c1-c1ccc(NC(=O)[C@H](C2CCC(C)CC2)n2nccc2C(N)=O)nc1. The maximum absolute atomic E-state index is 13.5. The monoisotopic (exact) mass is 449 g/mol. The topological polar surface area (TPSA) is 121 Å². The predicted octanol–water partition coefficient (Wildman–Crippen LogP) is 3.40. The Morgan fingerprint density at radius 2 is 1.88 bits per heavy atom. The second-order valence-corrected chi connectivity index (χ2v) is 9.08. The van der Waals surface area contributed by atoms with Crippen molar-refractivity contribution < 1.29 is 9.59 Å². The van der Waals surface area contributed by atoms with Crippen molar-refractivity contribution in [3.8, 4) is 11.1 Å². The van der Waals surface area contributed by atoms with Crippen molar-refractivity contribution in [2.75, 3.05) is 5.32 Å². The second-order valence-electron chi connectivity index (χ2n) is 9.08. The molecule has 1 fully saturated rings. The summed E-state index contributed by atoms with van der Waals surface area (Å²) in [6.45, 7) is 6.21. The van der Waals surface area contributed by atoms with E-state index in [2.05, 4.69) is 27.4 Å². The Morgan fingerprint density at radius 1 is 1.15 bits per heavy atom. The third kappa shape index (κ3) is 4.53. The molecule has 1 aliphatic carbocycles. The maximum atomic E-state index is 13.5. The first-order valence-electron chi connectivity index (χ1n) is 11.4. The summed E-state index contributed by atoms with van der Waals surface area (Å²) >= 11 is 0. The van der Waals surface area contributed by atoms with Gasteiger partial charge in [-0.25, -0.2) is 9.67 Å². The van der Waals surface area contributed by atoms with Crippen molar-refractivity contribution >= 4 is 17.6 Å². The van der Waals surface area contributed by atoms with Gasteiger partial charge in [0.25, 0.3) is 11.8 Å². The minimum absolute atomic E-state index is 0.0687. The Bertz CT molecular complexity index is 1150. The highest BCUT2D eigenvalue weighted by Crippen LogP contribution is 2.36. The molecule has 1 atom stereocenters. The molecule has 3 aromatic heterocycles. The van der Waals surface area contributed by atoms with Crippen LogP contribution in [0.1, 0.15) is 60.5 Å². The van der Waals surface area contributed by atoms with Crippen molar-refractivity contribution in [2.45, 2.75) is 52.5 Å². The van der Waals surface area contributed by atoms with Crippen LogP contribution >= 0.6 is 0 Å². The number of hydrogen-bond donors (Lipinski definition) is 2. The second kappa shape index (κ2) is 9.17. The van der Waals surface area contributed by atoms with E-state index in [0.29, 0.717) is 11.7 Å². The zero-order chi connectivity index (χ0) is 23.7. The van der Waals surface area contributed by atoms with Gasteiger partial charge in [0.2, 0.25) is 0 Å². The van der Waals surface area contributed by atoms with Gasteiger partial charge < -0.3 is 11.1 Å². The molecule has 0 saturated heterocycles. The van der Waals surface area contributed by atoms with E-state index in [4.69, 9.17) is 5.73 Å². The van der Waals surface area contributed by atoms with Gasteiger partial charge in [0.1, 0.15) is 17.6 Å². The molecule has 3 aromatic rings. The molecule has 0 bridgehead atoms. The van der Waals surface area contributed by atoms with Crippen LogP contribution in [0.2, 0.25) is 0 Å². The molecule has 1 aliphatic rings. The first kappa shape index (κ1) is 22.7. The fourth-order valence-corrected chi connectivity index (χ4v) is 4.86. The highest BCUT2D eigenvalue weighted by Gasteiger charge is 2.35. The molecule has 174 valence electrons. The standard InChI is InChI=1S/C24H31N7O2/c1-14-5-7-17(8-6-14)22(31-19(23(25)32)11-12-27-31)24(33)28-20-10-9-18(13-26-20)21-15(2)29-30(4)16(21)3/h9-14,17,22H,5-8H2,1-4H3,(H2,25,32)(H,26,28,33)/t14?,17?,22-/m0/s1. The van der Waals surface area contributed by atoms with E-state index < -0.39 is 11.9 Å². The number of hydrogen-bond acceptors (Lipinski definition) is 5. The number of aromatic nitrogens is 5. The number of nitrogens with two attached hydrogens (primary N) is 1. The smallest absolute Gasteiger partial charge is 0.267 e. The lowest BCUT2D eigenvalue weighted by atomic mass is 9.79. The quantitative estimate of drug-likeness (QED) is 0.597. The molecule has 0 radical (unpaired) electrons. The summed E-state index contributed by atoms with van der Waals surface area (Å²) in [6.07, 6.45) is 7.12. The number of aryl methyl sites for hydroxylation is 2. The fraction of sp³-hybridized carbons (Fsp3) is 0.458. The van der Waals surface area contributed by atoms with Gasteiger partial charge in [-0.3, -0.25) is 14.3 Å². The van der Waals surface area contributed by atoms with Crippen LogP contribution in [0.4, 0.5) is 5.82 Å². The van der Waals surface area contributed by atoms with Crippen molar-refractivity contribution in [3.63, 3.8) is 0 Å². The van der Waals surface area contributed by atoms with Gasteiger partial charge in [0.05, 0.1) is 5.69 Å². The van der Waals surface area contributed by atoms with Crippen LogP contribution in [-0.4, -0.2) is 36.4 Å². The van der Waals surface area contributed by atoms with E-state index in [1.165, 1.54) is 10.9 Å². The Morgan fingerprint density at radius 3 is 2.45 bits per heavy atom. The van der Waals surface area contributed by atoms with Crippen LogP contribution in [0.3, 0.4) is 0 Å². The average Bonchev–Trinajstić information content (AvgIpc) is 3.35. The molecule has 33 heavy (non-hydrogen) atoms. The largest absolute Gasteiger partial charge is 0.364 e. The lowest BCUT2D eigenvalue weighted by molar-refractivity contribution is -0.121. The number of nitrogens with zero attached hydrogens (tertiary/aromatic N) is 5. The lowest BCUT2D eigenvalue weighted by Gasteiger charge is -2.32. The lowest BCUT2D eigenvalue weighted by Crippen LogP contribution is -2.37. The van der Waals surface area contributed by atoms with Gasteiger partial charge in [-0.05, 0) is 56.7 Å². The van der Waals surface area contributed by atoms with E-state index in [-0.39, 0.29) is 17.5 Å². The van der Waals surface area contributed by atoms with Crippen molar-refractivity contribution in [3.05, 3.63) is 47.7 Å². The third-order valence-electron chi connectivity index (χ3n) is 6.77. The van der Waals surface area contributed by atoms with Crippen LogP contribution in [0.15, 0.2) is 30.6 Å². The van der Waals surface area contributed by atoms with Gasteiger partial charge >= 0.3 is 0 Å². The number of nitrogens with one attached hydrogen (secondary N) is 1. The Balaban J connectivity index is 1.59. The summed E-state index contributed by atoms with van der Waals surface area (Å²) in [5.41, 5.74) is 9.75. The van der Waals surface area contributed by atoms with E-state index in [1.54, 1.807) is 18.3 Å². The van der Waals surface area contributed by atoms with Gasteiger partial charge in [-0.15, -0.1) is 0 Å². The van der Waals surface area contributed by atoms with E-state index in [1.807, 2.05) is 31.6 Å². The molecule has 2 amide bonds. The van der Waals surface area contributed by atoms with E-state index >= 15 is 0 Å². The summed E-state index contributed by atoms with van der Waals surface area (Å²) in [5.74, 6) is 0.310. The number of amides is 2. The molecule has 0 unspecified atom stereocenters. The Hall–Kier alpha value is -3.49. The van der Waals surface area contributed by atoms with Gasteiger partial charge in [-0.2, -0.15) is 10.2 Å². The predicted molar refractivity (Wildman–Crippen MR) is 125 cm³/mol. The highest BCUT2D eigenvalue weighted by molar-refractivity contribution is 5.95. The van der Waals surface area contributed by atoms with Crippen molar-refractivity contribution in [1.29, 1.82) is 0 Å². The number of carbonyl (C=O) groups is 2. The number of rotatable bonds is 6. The first-order chi connectivity index (χ1) is 15.8. The molecule has 1 saturated carbocycles. The highest BCUT2D eigenvalue weighted by atomic mass is 16.2. The number of primary amides is 1. The number of carbonyl (C=O) groups excluding carboxylic acids is 2. The molecule has 9 heteroatoms. The van der Waals surface area contributed by atoms with Crippen LogP contribution in [-0.2, 0) is 11.8 Å². The normalized spacial score (nSPS) is 19.3. The van der Waals surface area contributed by atoms with Crippen LogP contribution < -0.4 is 11.1 Å². The summed E-state index contributed by atoms with van der Waals surface area (Å²) in [6, 6.07) is 4.65. The van der Waals surface area contributed by atoms with Gasteiger partial charge in [0, 0.05) is 36.3 Å². The minimum atomic E-state index is -0.626. The van der Waals surface area contributed by atoms with Gasteiger partial charge in [0.15, 0.2) is 0 Å². The molecular formula is C24H31N7O2. The molecule has 3 heterocycles. The molecule has 0 aliphatic heterocycles. The molecule has 9 nitrogen and oxygen atoms in total. The van der Waals surface area contributed by atoms with E-state index in [0.717, 1.165) is 48.2 Å². The Kier molecular flexibility index (Phi) is 6.31. The van der Waals surface area contributed by atoms with Crippen LogP contribution in [0.25, 0.3) is 11.1 Å². The number of anilines is 1. The summed E-state index contributed by atoms with van der Waals surface area (Å²) in [5, 5.41) is 11.7. The van der Waals surface area contributed by atoms with Crippen LogP contribution in [0.5, 0.6) is 0 Å². The molecule has 0 spiro atoms. The molecule has 3 N–H and O–H groups in total. The summed E-state index contributed by atoms with van der Waals surface area (Å²) < 4.78 is 3.32. The van der Waals surface area contributed by atoms with Gasteiger partial charge in [-0.1, -0.05) is 19.8 Å². The number of pyridine rings is 1. The van der Waals surface area contributed by atoms with Crippen LogP contribution in [0, 0.1) is 25.7 Å². The van der Waals surface area contributed by atoms with Crippen molar-refractivity contribution in [2.24, 2.45) is 24.6 Å². The summed E-state index contributed by atoms with van der Waals surface area (Å²) in [7, 11) is 1.91. The Labute approximate surface area is 193 Å². The molecule has 0 aromatic carbocycles. The third-order valence-corrected chi connectivity index (χ3v) is 6.77. The average molecular weight is 450 g/mol. The fourth-order valence-electron chi connectivity index (χ4n) is 4.86. The zero-order valence-electron chi connectivity index (χ0n) is 19.6. The van der Waals surface area contributed by atoms with Crippen molar-refractivity contribution in [1.82, 2.24) is 24.5 Å². The van der Waals surface area contributed by atoms with E-state index in [9.17, 15) is 9.59 Å². The zero-order valence-corrected chi connectivity index (χ0v) is 19.6. The molecule has 4 rings (SSSR count). The summed E-state index contributed by atoms with van der Waals surface area (Å²) in [4.78, 5) is 29.9.